The van der Waals surface area contributed by atoms with Crippen LogP contribution in [-0.2, 0) is 0 Å². The van der Waals surface area contributed by atoms with Crippen LogP contribution in [0, 0.1) is 11.3 Å². The van der Waals surface area contributed by atoms with Gasteiger partial charge in [0, 0.05) is 18.6 Å². The Morgan fingerprint density at radius 1 is 1.14 bits per heavy atom. The standard InChI is InChI=1S/C18H36N2O/c1-4-19-17-15(9-8-11-18(17,2)3)13-20-12-7-5-6-10-16(20)14-21/h15-17,19,21H,4-14H2,1-3H3. The number of nitrogens with zero attached hydrogens (tertiary/aromatic N) is 1. The Balaban J connectivity index is 2.03. The molecule has 3 nitrogen and oxygen atoms in total. The molecule has 1 aliphatic carbocycles. The molecular weight excluding hydrogens is 260 g/mol. The lowest BCUT2D eigenvalue weighted by molar-refractivity contribution is 0.0513. The van der Waals surface area contributed by atoms with Crippen molar-refractivity contribution >= 4 is 0 Å². The lowest BCUT2D eigenvalue weighted by Gasteiger charge is -2.46. The van der Waals surface area contributed by atoms with Gasteiger partial charge in [0.2, 0.25) is 0 Å². The molecule has 21 heavy (non-hydrogen) atoms. The fourth-order valence-electron chi connectivity index (χ4n) is 4.62. The molecule has 1 saturated heterocycles. The maximum absolute atomic E-state index is 9.73. The minimum Gasteiger partial charge on any atom is -0.395 e. The molecule has 124 valence electrons. The van der Waals surface area contributed by atoms with Crippen LogP contribution < -0.4 is 5.32 Å². The van der Waals surface area contributed by atoms with Gasteiger partial charge in [0.15, 0.2) is 0 Å². The molecule has 0 aromatic carbocycles. The van der Waals surface area contributed by atoms with Crippen LogP contribution in [0.4, 0.5) is 0 Å². The molecule has 2 N–H and O–H groups in total. The lowest BCUT2D eigenvalue weighted by Crippen LogP contribution is -2.54. The molecule has 0 radical (unpaired) electrons. The fraction of sp³-hybridized carbons (Fsp3) is 1.00. The van der Waals surface area contributed by atoms with Crippen LogP contribution in [0.1, 0.15) is 65.7 Å². The van der Waals surface area contributed by atoms with E-state index in [0.29, 0.717) is 24.1 Å². The third-order valence-corrected chi connectivity index (χ3v) is 5.81. The second kappa shape index (κ2) is 7.94. The number of aliphatic hydroxyl groups is 1. The molecule has 3 unspecified atom stereocenters. The molecule has 0 bridgehead atoms. The minimum atomic E-state index is 0.335. The summed E-state index contributed by atoms with van der Waals surface area (Å²) in [7, 11) is 0. The maximum atomic E-state index is 9.73. The van der Waals surface area contributed by atoms with Gasteiger partial charge in [0.1, 0.15) is 0 Å². The second-order valence-electron chi connectivity index (χ2n) is 7.86. The first-order valence-electron chi connectivity index (χ1n) is 9.16. The van der Waals surface area contributed by atoms with E-state index in [1.165, 1.54) is 58.0 Å². The van der Waals surface area contributed by atoms with Crippen LogP contribution in [-0.4, -0.2) is 48.3 Å². The van der Waals surface area contributed by atoms with Gasteiger partial charge in [0.05, 0.1) is 6.61 Å². The highest BCUT2D eigenvalue weighted by Crippen LogP contribution is 2.39. The largest absolute Gasteiger partial charge is 0.395 e. The minimum absolute atomic E-state index is 0.335. The molecule has 0 aromatic rings. The van der Waals surface area contributed by atoms with E-state index in [2.05, 4.69) is 31.0 Å². The Morgan fingerprint density at radius 3 is 2.67 bits per heavy atom. The van der Waals surface area contributed by atoms with Crippen LogP contribution in [0.2, 0.25) is 0 Å². The van der Waals surface area contributed by atoms with Crippen LogP contribution >= 0.6 is 0 Å². The SMILES string of the molecule is CCNC1C(CN2CCCCCC2CO)CCCC1(C)C. The molecule has 1 heterocycles. The number of nitrogens with one attached hydrogen (secondary N) is 1. The average Bonchev–Trinajstić information content (AvgIpc) is 2.67. The number of hydrogen-bond acceptors (Lipinski definition) is 3. The molecule has 0 amide bonds. The zero-order valence-electron chi connectivity index (χ0n) is 14.4. The molecule has 3 heteroatoms. The van der Waals surface area contributed by atoms with Gasteiger partial charge in [-0.25, -0.2) is 0 Å². The van der Waals surface area contributed by atoms with E-state index in [1.807, 2.05) is 0 Å². The van der Waals surface area contributed by atoms with Crippen molar-refractivity contribution in [3.63, 3.8) is 0 Å². The van der Waals surface area contributed by atoms with Crippen molar-refractivity contribution < 1.29 is 5.11 Å². The smallest absolute Gasteiger partial charge is 0.0586 e. The predicted octanol–water partition coefficient (Wildman–Crippen LogP) is 3.03. The summed E-state index contributed by atoms with van der Waals surface area (Å²) in [5, 5.41) is 13.5. The van der Waals surface area contributed by atoms with Gasteiger partial charge < -0.3 is 10.4 Å². The summed E-state index contributed by atoms with van der Waals surface area (Å²) in [6.45, 7) is 10.8. The van der Waals surface area contributed by atoms with Gasteiger partial charge in [-0.3, -0.25) is 4.90 Å². The Morgan fingerprint density at radius 2 is 1.95 bits per heavy atom. The Hall–Kier alpha value is -0.120. The maximum Gasteiger partial charge on any atom is 0.0586 e. The van der Waals surface area contributed by atoms with Gasteiger partial charge in [0.25, 0.3) is 0 Å². The van der Waals surface area contributed by atoms with Crippen molar-refractivity contribution in [2.24, 2.45) is 11.3 Å². The van der Waals surface area contributed by atoms with E-state index in [1.54, 1.807) is 0 Å². The average molecular weight is 296 g/mol. The summed E-state index contributed by atoms with van der Waals surface area (Å²) in [6.07, 6.45) is 9.14. The first kappa shape index (κ1) is 17.2. The molecule has 1 aliphatic heterocycles. The monoisotopic (exact) mass is 296 g/mol. The van der Waals surface area contributed by atoms with Crippen molar-refractivity contribution in [2.75, 3.05) is 26.2 Å². The Bertz CT molecular complexity index is 306. The van der Waals surface area contributed by atoms with E-state index in [-0.39, 0.29) is 0 Å². The van der Waals surface area contributed by atoms with Crippen LogP contribution in [0.25, 0.3) is 0 Å². The van der Waals surface area contributed by atoms with E-state index in [9.17, 15) is 5.11 Å². The molecule has 0 aromatic heterocycles. The second-order valence-corrected chi connectivity index (χ2v) is 7.86. The molecule has 3 atom stereocenters. The quantitative estimate of drug-likeness (QED) is 0.818. The molecule has 2 aliphatic rings. The molecular formula is C18H36N2O. The van der Waals surface area contributed by atoms with Gasteiger partial charge in [-0.1, -0.05) is 40.0 Å². The summed E-state index contributed by atoms with van der Waals surface area (Å²) in [4.78, 5) is 2.60. The number of hydrogen-bond donors (Lipinski definition) is 2. The molecule has 2 fully saturated rings. The van der Waals surface area contributed by atoms with Crippen LogP contribution in [0.3, 0.4) is 0 Å². The normalized spacial score (nSPS) is 34.6. The number of likely N-dealkylation sites (tertiary alicyclic amines) is 1. The number of rotatable bonds is 5. The first-order chi connectivity index (χ1) is 10.1. The van der Waals surface area contributed by atoms with E-state index in [4.69, 9.17) is 0 Å². The molecule has 0 spiro atoms. The fourth-order valence-corrected chi connectivity index (χ4v) is 4.62. The van der Waals surface area contributed by atoms with Crippen molar-refractivity contribution in [3.8, 4) is 0 Å². The first-order valence-corrected chi connectivity index (χ1v) is 9.16. The Labute approximate surface area is 131 Å². The van der Waals surface area contributed by atoms with Crippen molar-refractivity contribution in [2.45, 2.75) is 77.8 Å². The predicted molar refractivity (Wildman–Crippen MR) is 89.5 cm³/mol. The zero-order chi connectivity index (χ0) is 15.3. The summed E-state index contributed by atoms with van der Waals surface area (Å²) < 4.78 is 0. The summed E-state index contributed by atoms with van der Waals surface area (Å²) in [5.74, 6) is 0.737. The lowest BCUT2D eigenvalue weighted by atomic mass is 9.67. The van der Waals surface area contributed by atoms with Crippen LogP contribution in [0.15, 0.2) is 0 Å². The van der Waals surface area contributed by atoms with Crippen molar-refractivity contribution in [3.05, 3.63) is 0 Å². The van der Waals surface area contributed by atoms with E-state index >= 15 is 0 Å². The highest BCUT2D eigenvalue weighted by atomic mass is 16.3. The number of aliphatic hydroxyl groups excluding tert-OH is 1. The van der Waals surface area contributed by atoms with Gasteiger partial charge >= 0.3 is 0 Å². The molecule has 1 saturated carbocycles. The van der Waals surface area contributed by atoms with E-state index < -0.39 is 0 Å². The van der Waals surface area contributed by atoms with Gasteiger partial charge in [-0.05, 0) is 50.1 Å². The van der Waals surface area contributed by atoms with Gasteiger partial charge in [-0.2, -0.15) is 0 Å². The van der Waals surface area contributed by atoms with Crippen molar-refractivity contribution in [1.82, 2.24) is 10.2 Å². The zero-order valence-corrected chi connectivity index (χ0v) is 14.4. The summed E-state index contributed by atoms with van der Waals surface area (Å²) in [6, 6.07) is 1.03. The Kier molecular flexibility index (Phi) is 6.51. The topological polar surface area (TPSA) is 35.5 Å². The van der Waals surface area contributed by atoms with E-state index in [0.717, 1.165) is 12.5 Å². The van der Waals surface area contributed by atoms with Crippen molar-refractivity contribution in [1.29, 1.82) is 0 Å². The summed E-state index contributed by atoms with van der Waals surface area (Å²) >= 11 is 0. The molecule has 2 rings (SSSR count). The summed E-state index contributed by atoms with van der Waals surface area (Å²) in [5.41, 5.74) is 0.402. The highest BCUT2D eigenvalue weighted by molar-refractivity contribution is 4.95. The third kappa shape index (κ3) is 4.43. The third-order valence-electron chi connectivity index (χ3n) is 5.81. The highest BCUT2D eigenvalue weighted by Gasteiger charge is 2.39. The van der Waals surface area contributed by atoms with Gasteiger partial charge in [-0.15, -0.1) is 0 Å². The van der Waals surface area contributed by atoms with Crippen LogP contribution in [0.5, 0.6) is 0 Å².